The molecule has 2 atom stereocenters. The number of nitrogen functional groups attached to an aromatic ring is 1. The summed E-state index contributed by atoms with van der Waals surface area (Å²) in [5.41, 5.74) is 10.3. The van der Waals surface area contributed by atoms with Crippen LogP contribution in [0, 0.1) is 0 Å². The first-order valence-electron chi connectivity index (χ1n) is 7.46. The molecule has 3 rings (SSSR count). The third-order valence-corrected chi connectivity index (χ3v) is 4.90. The number of hydrogen-bond acceptors (Lipinski definition) is 2. The number of aryl methyl sites for hydroxylation is 1. The van der Waals surface area contributed by atoms with Gasteiger partial charge in [-0.15, -0.1) is 0 Å². The highest BCUT2D eigenvalue weighted by Crippen LogP contribution is 2.39. The van der Waals surface area contributed by atoms with Crippen molar-refractivity contribution >= 4 is 21.6 Å². The Bertz CT molecular complexity index is 641. The second-order valence-corrected chi connectivity index (χ2v) is 6.73. The van der Waals surface area contributed by atoms with Crippen LogP contribution < -0.4 is 5.73 Å². The summed E-state index contributed by atoms with van der Waals surface area (Å²) in [7, 11) is 0. The largest absolute Gasteiger partial charge is 0.398 e. The van der Waals surface area contributed by atoms with Gasteiger partial charge in [-0.25, -0.2) is 0 Å². The van der Waals surface area contributed by atoms with Crippen molar-refractivity contribution in [2.24, 2.45) is 0 Å². The molecule has 0 aliphatic heterocycles. The zero-order chi connectivity index (χ0) is 14.8. The molecular weight excluding hydrogens is 326 g/mol. The van der Waals surface area contributed by atoms with Crippen molar-refractivity contribution in [3.63, 3.8) is 0 Å². The molecule has 21 heavy (non-hydrogen) atoms. The highest BCUT2D eigenvalue weighted by atomic mass is 79.9. The fourth-order valence-corrected chi connectivity index (χ4v) is 3.71. The molecule has 2 unspecified atom stereocenters. The van der Waals surface area contributed by atoms with Gasteiger partial charge in [0.25, 0.3) is 0 Å². The van der Waals surface area contributed by atoms with E-state index in [0.717, 1.165) is 29.3 Å². The van der Waals surface area contributed by atoms with Crippen LogP contribution in [0.15, 0.2) is 46.9 Å². The lowest BCUT2D eigenvalue weighted by Crippen LogP contribution is -2.13. The van der Waals surface area contributed by atoms with Crippen molar-refractivity contribution in [2.75, 3.05) is 5.73 Å². The molecule has 3 N–H and O–H groups in total. The average Bonchev–Trinajstić information content (AvgIpc) is 2.50. The number of fused-ring (bicyclic) bond motifs is 1. The first-order valence-corrected chi connectivity index (χ1v) is 8.25. The van der Waals surface area contributed by atoms with Gasteiger partial charge in [-0.1, -0.05) is 40.2 Å². The quantitative estimate of drug-likeness (QED) is 0.800. The fraction of sp³-hybridized carbons (Fsp3) is 0.333. The Morgan fingerprint density at radius 3 is 2.90 bits per heavy atom. The number of halogens is 1. The third kappa shape index (κ3) is 3.14. The van der Waals surface area contributed by atoms with Gasteiger partial charge in [0.15, 0.2) is 0 Å². The van der Waals surface area contributed by atoms with Crippen molar-refractivity contribution in [3.8, 4) is 0 Å². The van der Waals surface area contributed by atoms with Crippen LogP contribution in [0.2, 0.25) is 0 Å². The Hall–Kier alpha value is -1.32. The van der Waals surface area contributed by atoms with E-state index in [4.69, 9.17) is 5.73 Å². The number of rotatable bonds is 3. The van der Waals surface area contributed by atoms with E-state index in [1.165, 1.54) is 17.5 Å². The summed E-state index contributed by atoms with van der Waals surface area (Å²) in [6.45, 7) is 0. The van der Waals surface area contributed by atoms with Crippen LogP contribution >= 0.6 is 15.9 Å². The summed E-state index contributed by atoms with van der Waals surface area (Å²) in [6, 6.07) is 14.3. The molecule has 0 saturated carbocycles. The highest BCUT2D eigenvalue weighted by molar-refractivity contribution is 9.10. The molecule has 2 nitrogen and oxygen atoms in total. The fourth-order valence-electron chi connectivity index (χ4n) is 3.33. The minimum Gasteiger partial charge on any atom is -0.398 e. The van der Waals surface area contributed by atoms with Gasteiger partial charge in [-0.3, -0.25) is 0 Å². The molecule has 0 bridgehead atoms. The number of nitrogens with two attached hydrogens (primary N) is 1. The zero-order valence-corrected chi connectivity index (χ0v) is 13.5. The van der Waals surface area contributed by atoms with E-state index in [1.54, 1.807) is 0 Å². The second kappa shape index (κ2) is 6.20. The van der Waals surface area contributed by atoms with E-state index in [9.17, 15) is 5.11 Å². The van der Waals surface area contributed by atoms with Crippen molar-refractivity contribution in [1.29, 1.82) is 0 Å². The van der Waals surface area contributed by atoms with Crippen molar-refractivity contribution in [2.45, 2.75) is 37.7 Å². The van der Waals surface area contributed by atoms with Crippen molar-refractivity contribution in [3.05, 3.63) is 63.6 Å². The van der Waals surface area contributed by atoms with E-state index >= 15 is 0 Å². The van der Waals surface area contributed by atoms with E-state index in [0.29, 0.717) is 11.6 Å². The average molecular weight is 346 g/mol. The molecule has 2 aromatic carbocycles. The number of anilines is 1. The molecule has 1 aliphatic carbocycles. The molecule has 0 fully saturated rings. The smallest absolute Gasteiger partial charge is 0.0816 e. The normalized spacial score (nSPS) is 19.0. The van der Waals surface area contributed by atoms with Crippen LogP contribution in [0.5, 0.6) is 0 Å². The zero-order valence-electron chi connectivity index (χ0n) is 11.9. The Kier molecular flexibility index (Phi) is 4.32. The standard InChI is InChI=1S/C18H20BrNO/c19-14-8-9-17(20)16(11-14)18(21)10-13-6-3-5-12-4-1-2-7-15(12)13/h1-2,4,7-9,11,13,18,21H,3,5-6,10,20H2. The lowest BCUT2D eigenvalue weighted by atomic mass is 9.79. The van der Waals surface area contributed by atoms with Gasteiger partial charge in [0.1, 0.15) is 0 Å². The minimum absolute atomic E-state index is 0.420. The predicted molar refractivity (Wildman–Crippen MR) is 90.3 cm³/mol. The first kappa shape index (κ1) is 14.6. The maximum Gasteiger partial charge on any atom is 0.0816 e. The Morgan fingerprint density at radius 2 is 2.05 bits per heavy atom. The van der Waals surface area contributed by atoms with E-state index in [1.807, 2.05) is 18.2 Å². The minimum atomic E-state index is -0.515. The number of aliphatic hydroxyl groups excluding tert-OH is 1. The summed E-state index contributed by atoms with van der Waals surface area (Å²) < 4.78 is 0.954. The maximum absolute atomic E-state index is 10.6. The summed E-state index contributed by atoms with van der Waals surface area (Å²) in [6.07, 6.45) is 3.71. The summed E-state index contributed by atoms with van der Waals surface area (Å²) in [4.78, 5) is 0. The Morgan fingerprint density at radius 1 is 1.24 bits per heavy atom. The van der Waals surface area contributed by atoms with Crippen molar-refractivity contribution < 1.29 is 5.11 Å². The molecule has 2 aromatic rings. The van der Waals surface area contributed by atoms with Gasteiger partial charge in [-0.2, -0.15) is 0 Å². The Balaban J connectivity index is 1.82. The van der Waals surface area contributed by atoms with Crippen molar-refractivity contribution in [1.82, 2.24) is 0 Å². The predicted octanol–water partition coefficient (Wildman–Crippen LogP) is 4.57. The van der Waals surface area contributed by atoms with E-state index < -0.39 is 6.10 Å². The SMILES string of the molecule is Nc1ccc(Br)cc1C(O)CC1CCCc2ccccc21. The molecule has 0 radical (unpaired) electrons. The lowest BCUT2D eigenvalue weighted by molar-refractivity contribution is 0.154. The van der Waals surface area contributed by atoms with Gasteiger partial charge in [-0.05, 0) is 60.9 Å². The van der Waals surface area contributed by atoms with E-state index in [-0.39, 0.29) is 0 Å². The highest BCUT2D eigenvalue weighted by Gasteiger charge is 2.24. The topological polar surface area (TPSA) is 46.2 Å². The molecule has 0 amide bonds. The third-order valence-electron chi connectivity index (χ3n) is 4.41. The van der Waals surface area contributed by atoms with Gasteiger partial charge in [0, 0.05) is 15.7 Å². The molecule has 3 heteroatoms. The molecule has 0 saturated heterocycles. The van der Waals surface area contributed by atoms with Gasteiger partial charge in [0.2, 0.25) is 0 Å². The van der Waals surface area contributed by atoms with Crippen LogP contribution in [0.25, 0.3) is 0 Å². The molecule has 1 aliphatic rings. The van der Waals surface area contributed by atoms with Crippen LogP contribution in [-0.2, 0) is 6.42 Å². The lowest BCUT2D eigenvalue weighted by Gasteiger charge is -2.27. The summed E-state index contributed by atoms with van der Waals surface area (Å²) in [5, 5.41) is 10.6. The van der Waals surface area contributed by atoms with Gasteiger partial charge >= 0.3 is 0 Å². The molecular formula is C18H20BrNO. The monoisotopic (exact) mass is 345 g/mol. The Labute approximate surface area is 134 Å². The number of benzene rings is 2. The number of aliphatic hydroxyl groups is 1. The number of hydrogen-bond donors (Lipinski definition) is 2. The first-order chi connectivity index (χ1) is 10.1. The maximum atomic E-state index is 10.6. The van der Waals surface area contributed by atoms with Crippen LogP contribution in [0.3, 0.4) is 0 Å². The van der Waals surface area contributed by atoms with Gasteiger partial charge < -0.3 is 10.8 Å². The summed E-state index contributed by atoms with van der Waals surface area (Å²) >= 11 is 3.45. The summed E-state index contributed by atoms with van der Waals surface area (Å²) in [5.74, 6) is 0.420. The van der Waals surface area contributed by atoms with E-state index in [2.05, 4.69) is 40.2 Å². The molecule has 110 valence electrons. The molecule has 0 heterocycles. The van der Waals surface area contributed by atoms with Crippen LogP contribution in [-0.4, -0.2) is 5.11 Å². The molecule has 0 spiro atoms. The second-order valence-electron chi connectivity index (χ2n) is 5.81. The van der Waals surface area contributed by atoms with Crippen LogP contribution in [0.4, 0.5) is 5.69 Å². The van der Waals surface area contributed by atoms with Crippen LogP contribution in [0.1, 0.15) is 48.0 Å². The molecule has 0 aromatic heterocycles. The van der Waals surface area contributed by atoms with Gasteiger partial charge in [0.05, 0.1) is 6.10 Å².